The van der Waals surface area contributed by atoms with E-state index in [0.717, 1.165) is 6.54 Å². The third kappa shape index (κ3) is 2.79. The molecule has 5 rings (SSSR count). The summed E-state index contributed by atoms with van der Waals surface area (Å²) in [4.78, 5) is 5.99. The lowest BCUT2D eigenvalue weighted by Gasteiger charge is -2.35. The van der Waals surface area contributed by atoms with Crippen molar-refractivity contribution in [3.63, 3.8) is 0 Å². The Morgan fingerprint density at radius 3 is 2.48 bits per heavy atom. The van der Waals surface area contributed by atoms with Gasteiger partial charge >= 0.3 is 0 Å². The van der Waals surface area contributed by atoms with Crippen molar-refractivity contribution in [2.24, 2.45) is 0 Å². The lowest BCUT2D eigenvalue weighted by atomic mass is 9.77. The number of hydrogen-bond donors (Lipinski definition) is 3. The first-order chi connectivity index (χ1) is 14.1. The quantitative estimate of drug-likeness (QED) is 0.378. The first kappa shape index (κ1) is 17.8. The molecule has 146 valence electrons. The van der Waals surface area contributed by atoms with Gasteiger partial charge in [0.2, 0.25) is 0 Å². The molecule has 1 aromatic heterocycles. The Kier molecular flexibility index (Phi) is 4.10. The molecule has 4 heteroatoms. The Balaban J connectivity index is 1.64. The maximum absolute atomic E-state index is 9.12. The average Bonchev–Trinajstić information content (AvgIpc) is 3.26. The summed E-state index contributed by atoms with van der Waals surface area (Å²) in [6.07, 6.45) is 2.18. The highest BCUT2D eigenvalue weighted by Gasteiger charge is 2.45. The zero-order valence-electron chi connectivity index (χ0n) is 16.7. The number of fused-ring (bicyclic) bond motifs is 2. The van der Waals surface area contributed by atoms with E-state index in [1.807, 2.05) is 12.1 Å². The van der Waals surface area contributed by atoms with Crippen LogP contribution >= 0.6 is 0 Å². The first-order valence-corrected chi connectivity index (χ1v) is 10.0. The number of para-hydroxylation sites is 2. The van der Waals surface area contributed by atoms with Crippen LogP contribution < -0.4 is 10.4 Å². The summed E-state index contributed by atoms with van der Waals surface area (Å²) < 4.78 is 0. The van der Waals surface area contributed by atoms with Gasteiger partial charge in [0.25, 0.3) is 0 Å². The summed E-state index contributed by atoms with van der Waals surface area (Å²) >= 11 is 0. The first-order valence-electron chi connectivity index (χ1n) is 10.0. The summed E-state index contributed by atoms with van der Waals surface area (Å²) in [5, 5.41) is 10.4. The molecular weight excluding hydrogens is 358 g/mol. The van der Waals surface area contributed by atoms with Crippen molar-refractivity contribution in [1.29, 1.82) is 0 Å². The van der Waals surface area contributed by atoms with Crippen LogP contribution in [0.4, 0.5) is 11.4 Å². The van der Waals surface area contributed by atoms with Crippen LogP contribution in [-0.2, 0) is 12.0 Å². The second-order valence-corrected chi connectivity index (χ2v) is 8.37. The second kappa shape index (κ2) is 6.68. The summed E-state index contributed by atoms with van der Waals surface area (Å²) in [5.74, 6) is 0. The number of anilines is 2. The molecule has 0 saturated heterocycles. The topological polar surface area (TPSA) is 51.3 Å². The maximum atomic E-state index is 9.12. The Morgan fingerprint density at radius 2 is 1.69 bits per heavy atom. The Bertz CT molecular complexity index is 1160. The average molecular weight is 383 g/mol. The lowest BCUT2D eigenvalue weighted by Crippen LogP contribution is -2.33. The molecule has 1 unspecified atom stereocenters. The molecule has 0 bridgehead atoms. The van der Waals surface area contributed by atoms with Gasteiger partial charge < -0.3 is 9.88 Å². The maximum Gasteiger partial charge on any atom is 0.0659 e. The van der Waals surface area contributed by atoms with Crippen LogP contribution in [0.1, 0.15) is 36.6 Å². The van der Waals surface area contributed by atoms with E-state index in [1.165, 1.54) is 33.3 Å². The number of nitrogens with zero attached hydrogens (tertiary/aromatic N) is 1. The van der Waals surface area contributed by atoms with E-state index in [9.17, 15) is 0 Å². The predicted octanol–water partition coefficient (Wildman–Crippen LogP) is 6.01. The van der Waals surface area contributed by atoms with E-state index >= 15 is 0 Å². The molecule has 29 heavy (non-hydrogen) atoms. The molecule has 0 amide bonds. The highest BCUT2D eigenvalue weighted by Crippen LogP contribution is 2.54. The molecule has 0 saturated carbocycles. The molecule has 1 aliphatic rings. The summed E-state index contributed by atoms with van der Waals surface area (Å²) in [6, 6.07) is 25.4. The molecule has 0 aliphatic carbocycles. The second-order valence-electron chi connectivity index (χ2n) is 8.37. The number of hydrogen-bond acceptors (Lipinski definition) is 3. The van der Waals surface area contributed by atoms with Gasteiger partial charge in [-0.1, -0.05) is 62.4 Å². The van der Waals surface area contributed by atoms with Gasteiger partial charge in [-0.25, -0.2) is 0 Å². The number of nitrogens with one attached hydrogen (secondary N) is 2. The Morgan fingerprint density at radius 1 is 0.966 bits per heavy atom. The van der Waals surface area contributed by atoms with Crippen molar-refractivity contribution in [1.82, 2.24) is 4.98 Å². The van der Waals surface area contributed by atoms with E-state index in [4.69, 9.17) is 5.21 Å². The fourth-order valence-electron chi connectivity index (χ4n) is 4.88. The zero-order valence-corrected chi connectivity index (χ0v) is 16.7. The summed E-state index contributed by atoms with van der Waals surface area (Å²) in [5.41, 5.74) is 9.25. The van der Waals surface area contributed by atoms with Gasteiger partial charge in [-0.2, -0.15) is 0 Å². The zero-order chi connectivity index (χ0) is 20.0. The van der Waals surface area contributed by atoms with Gasteiger partial charge in [-0.05, 0) is 35.4 Å². The van der Waals surface area contributed by atoms with Gasteiger partial charge in [0.1, 0.15) is 0 Å². The van der Waals surface area contributed by atoms with E-state index < -0.39 is 0 Å². The van der Waals surface area contributed by atoms with Crippen molar-refractivity contribution in [2.45, 2.75) is 31.8 Å². The van der Waals surface area contributed by atoms with E-state index in [0.29, 0.717) is 5.69 Å². The van der Waals surface area contributed by atoms with Crippen molar-refractivity contribution in [3.05, 3.63) is 95.7 Å². The molecule has 3 aromatic carbocycles. The van der Waals surface area contributed by atoms with Crippen molar-refractivity contribution in [2.75, 3.05) is 10.4 Å². The molecule has 0 spiro atoms. The SMILES string of the molecule is CC1(C)c2ccccc2N(Cc2ccc(NO)cc2)C1c1c[nH]c2ccccc12. The molecule has 0 radical (unpaired) electrons. The number of aromatic amines is 1. The van der Waals surface area contributed by atoms with Crippen LogP contribution in [0, 0.1) is 0 Å². The third-order valence-corrected chi connectivity index (χ3v) is 6.25. The summed E-state index contributed by atoms with van der Waals surface area (Å²) in [6.45, 7) is 5.49. The van der Waals surface area contributed by atoms with Gasteiger partial charge in [-0.3, -0.25) is 10.7 Å². The number of benzene rings is 3. The van der Waals surface area contributed by atoms with Crippen LogP contribution in [0.15, 0.2) is 79.0 Å². The van der Waals surface area contributed by atoms with E-state index in [2.05, 4.69) is 96.1 Å². The number of aromatic nitrogens is 1. The predicted molar refractivity (Wildman–Crippen MR) is 119 cm³/mol. The fraction of sp³-hybridized carbons (Fsp3) is 0.200. The molecule has 4 aromatic rings. The standard InChI is InChI=1S/C25H25N3O/c1-25(2)21-8-4-6-10-23(21)28(16-17-11-13-18(27-29)14-12-17)24(25)20-15-26-22-9-5-3-7-19(20)22/h3-15,24,26-27,29H,16H2,1-2H3. The minimum Gasteiger partial charge on any atom is -0.361 e. The molecule has 2 heterocycles. The molecule has 3 N–H and O–H groups in total. The van der Waals surface area contributed by atoms with Crippen molar-refractivity contribution < 1.29 is 5.21 Å². The fourth-order valence-corrected chi connectivity index (χ4v) is 4.88. The Labute approximate surface area is 170 Å². The van der Waals surface area contributed by atoms with Gasteiger partial charge in [0.15, 0.2) is 0 Å². The van der Waals surface area contributed by atoms with Gasteiger partial charge in [0.05, 0.1) is 11.7 Å². The minimum absolute atomic E-state index is 0.0336. The van der Waals surface area contributed by atoms with Crippen LogP contribution in [0.3, 0.4) is 0 Å². The summed E-state index contributed by atoms with van der Waals surface area (Å²) in [7, 11) is 0. The molecule has 4 nitrogen and oxygen atoms in total. The van der Waals surface area contributed by atoms with E-state index in [1.54, 1.807) is 0 Å². The molecule has 0 fully saturated rings. The normalized spacial score (nSPS) is 17.5. The van der Waals surface area contributed by atoms with Gasteiger partial charge in [0, 0.05) is 40.3 Å². The van der Waals surface area contributed by atoms with E-state index in [-0.39, 0.29) is 11.5 Å². The number of H-pyrrole nitrogens is 1. The van der Waals surface area contributed by atoms with Crippen molar-refractivity contribution in [3.8, 4) is 0 Å². The van der Waals surface area contributed by atoms with Gasteiger partial charge in [-0.15, -0.1) is 0 Å². The van der Waals surface area contributed by atoms with Crippen LogP contribution in [0.25, 0.3) is 10.9 Å². The molecule has 1 atom stereocenters. The number of rotatable bonds is 4. The molecule has 1 aliphatic heterocycles. The monoisotopic (exact) mass is 383 g/mol. The van der Waals surface area contributed by atoms with Crippen LogP contribution in [0.5, 0.6) is 0 Å². The largest absolute Gasteiger partial charge is 0.361 e. The third-order valence-electron chi connectivity index (χ3n) is 6.25. The lowest BCUT2D eigenvalue weighted by molar-refractivity contribution is 0.389. The molecular formula is C25H25N3O. The smallest absolute Gasteiger partial charge is 0.0659 e. The minimum atomic E-state index is -0.0336. The van der Waals surface area contributed by atoms with Crippen LogP contribution in [-0.4, -0.2) is 10.2 Å². The Hall–Kier alpha value is -3.24. The van der Waals surface area contributed by atoms with Crippen LogP contribution in [0.2, 0.25) is 0 Å². The van der Waals surface area contributed by atoms with Crippen molar-refractivity contribution >= 4 is 22.3 Å². The highest BCUT2D eigenvalue weighted by molar-refractivity contribution is 5.85. The highest BCUT2D eigenvalue weighted by atomic mass is 16.5.